The van der Waals surface area contributed by atoms with Crippen LogP contribution in [-0.4, -0.2) is 20.7 Å². The van der Waals surface area contributed by atoms with Crippen LogP contribution in [0, 0.1) is 0 Å². The fraction of sp³-hybridized carbons (Fsp3) is 0.500. The summed E-state index contributed by atoms with van der Waals surface area (Å²) in [6, 6.07) is 0. The first-order valence-electron chi connectivity index (χ1n) is 1.36. The number of hydrogen-bond donors (Lipinski definition) is 0. The number of carbonyl (C=O) groups excluding carboxylic acids is 1. The first-order valence-corrected chi connectivity index (χ1v) is 1.36. The van der Waals surface area contributed by atoms with Crippen molar-refractivity contribution in [2.75, 3.05) is 0 Å². The normalized spacial score (nSPS) is 6.60. The van der Waals surface area contributed by atoms with Crippen LogP contribution < -0.4 is 0 Å². The van der Waals surface area contributed by atoms with Crippen LogP contribution in [0.2, 0.25) is 6.82 Å². The van der Waals surface area contributed by atoms with Gasteiger partial charge in [0.15, 0.2) is 15.1 Å². The van der Waals surface area contributed by atoms with Gasteiger partial charge >= 0.3 is 0 Å². The third-order valence-electron chi connectivity index (χ3n) is 0.285. The molecule has 0 aromatic rings. The minimum absolute atomic E-state index is 0.370. The molecular formula is C2H3B2O. The maximum Gasteiger partial charge on any atom is 0.182 e. The summed E-state index contributed by atoms with van der Waals surface area (Å²) in [5.41, 5.74) is -0.370. The molecule has 0 unspecified atom stereocenters. The Morgan fingerprint density at radius 3 is 2.20 bits per heavy atom. The van der Waals surface area contributed by atoms with Gasteiger partial charge in [0, 0.05) is 5.58 Å². The standard InChI is InChI=1S/C2H3B2O/c1-4-2(3)5/h1H3. The lowest BCUT2D eigenvalue weighted by molar-refractivity contribution is 0.274. The fourth-order valence-corrected chi connectivity index (χ4v) is 0. The molecular weight excluding hydrogens is 61.6 g/mol. The Morgan fingerprint density at radius 2 is 2.20 bits per heavy atom. The van der Waals surface area contributed by atoms with Gasteiger partial charge in [-0.2, -0.15) is 0 Å². The minimum Gasteiger partial charge on any atom is -0.324 e. The second kappa shape index (κ2) is 2.06. The predicted molar refractivity (Wildman–Crippen MR) is 22.8 cm³/mol. The Labute approximate surface area is 33.4 Å². The summed E-state index contributed by atoms with van der Waals surface area (Å²) >= 11 is 0. The molecule has 0 fully saturated rings. The molecule has 0 amide bonds. The molecule has 0 aliphatic rings. The Balaban J connectivity index is 2.85. The van der Waals surface area contributed by atoms with Gasteiger partial charge in [-0.3, -0.25) is 0 Å². The number of hydrogen-bond acceptors (Lipinski definition) is 1. The summed E-state index contributed by atoms with van der Waals surface area (Å²) in [4.78, 5) is 9.53. The van der Waals surface area contributed by atoms with Crippen LogP contribution in [0.5, 0.6) is 0 Å². The Hall–Kier alpha value is -0.200. The van der Waals surface area contributed by atoms with E-state index in [4.69, 9.17) is 0 Å². The van der Waals surface area contributed by atoms with E-state index in [1.54, 1.807) is 6.82 Å². The zero-order valence-corrected chi connectivity index (χ0v) is 3.06. The van der Waals surface area contributed by atoms with Crippen molar-refractivity contribution in [1.29, 1.82) is 0 Å². The fourth-order valence-electron chi connectivity index (χ4n) is 0. The smallest absolute Gasteiger partial charge is 0.182 e. The third kappa shape index (κ3) is 3.80. The summed E-state index contributed by atoms with van der Waals surface area (Å²) in [6.45, 7) is 1.60. The van der Waals surface area contributed by atoms with Crippen LogP contribution in [0.15, 0.2) is 0 Å². The summed E-state index contributed by atoms with van der Waals surface area (Å²) in [5, 5.41) is 0. The van der Waals surface area contributed by atoms with Gasteiger partial charge < -0.3 is 4.79 Å². The first-order chi connectivity index (χ1) is 2.27. The lowest BCUT2D eigenvalue weighted by atomic mass is 9.67. The second-order valence-corrected chi connectivity index (χ2v) is 0.691. The van der Waals surface area contributed by atoms with E-state index in [9.17, 15) is 4.79 Å². The van der Waals surface area contributed by atoms with E-state index in [1.807, 2.05) is 0 Å². The third-order valence-corrected chi connectivity index (χ3v) is 0.285. The highest BCUT2D eigenvalue weighted by Crippen LogP contribution is 1.55. The highest BCUT2D eigenvalue weighted by Gasteiger charge is 1.80. The molecule has 0 bridgehead atoms. The molecule has 0 N–H and O–H groups in total. The van der Waals surface area contributed by atoms with Crippen LogP contribution in [0.1, 0.15) is 0 Å². The predicted octanol–water partition coefficient (Wildman–Crippen LogP) is 0.0272. The highest BCUT2D eigenvalue weighted by molar-refractivity contribution is 6.95. The number of rotatable bonds is 1. The van der Waals surface area contributed by atoms with Crippen molar-refractivity contribution in [3.63, 3.8) is 0 Å². The Kier molecular flexibility index (Phi) is 1.98. The van der Waals surface area contributed by atoms with Gasteiger partial charge in [0.2, 0.25) is 0 Å². The van der Waals surface area contributed by atoms with Gasteiger partial charge in [-0.05, 0) is 0 Å². The van der Waals surface area contributed by atoms with Crippen LogP contribution in [0.4, 0.5) is 4.79 Å². The first kappa shape index (κ1) is 4.80. The highest BCUT2D eigenvalue weighted by atomic mass is 16.1. The Bertz CT molecular complexity index is 42.9. The zero-order valence-electron chi connectivity index (χ0n) is 3.06. The lowest BCUT2D eigenvalue weighted by Crippen LogP contribution is -1.98. The van der Waals surface area contributed by atoms with Crippen LogP contribution in [0.25, 0.3) is 0 Å². The average molecular weight is 64.7 g/mol. The van der Waals surface area contributed by atoms with E-state index >= 15 is 0 Å². The topological polar surface area (TPSA) is 17.1 Å². The van der Waals surface area contributed by atoms with Crippen molar-refractivity contribution >= 4 is 20.7 Å². The Morgan fingerprint density at radius 1 is 2.00 bits per heavy atom. The van der Waals surface area contributed by atoms with Crippen molar-refractivity contribution < 1.29 is 4.79 Å². The van der Waals surface area contributed by atoms with Crippen molar-refractivity contribution in [1.82, 2.24) is 0 Å². The molecule has 0 rings (SSSR count). The summed E-state index contributed by atoms with van der Waals surface area (Å²) in [6.07, 6.45) is 0. The molecule has 1 nitrogen and oxygen atoms in total. The second-order valence-electron chi connectivity index (χ2n) is 0.691. The van der Waals surface area contributed by atoms with Gasteiger partial charge in [0.25, 0.3) is 0 Å². The van der Waals surface area contributed by atoms with Crippen LogP contribution in [-0.2, 0) is 0 Å². The van der Waals surface area contributed by atoms with Crippen molar-refractivity contribution in [2.45, 2.75) is 6.82 Å². The summed E-state index contributed by atoms with van der Waals surface area (Å²) in [7, 11) is 5.90. The molecule has 0 spiro atoms. The molecule has 0 aromatic carbocycles. The van der Waals surface area contributed by atoms with Crippen molar-refractivity contribution in [3.05, 3.63) is 0 Å². The van der Waals surface area contributed by atoms with Gasteiger partial charge in [-0.25, -0.2) is 0 Å². The molecule has 0 saturated carbocycles. The van der Waals surface area contributed by atoms with Crippen molar-refractivity contribution in [3.8, 4) is 0 Å². The maximum atomic E-state index is 9.53. The molecule has 3 heteroatoms. The van der Waals surface area contributed by atoms with E-state index < -0.39 is 0 Å². The van der Waals surface area contributed by atoms with E-state index in [0.29, 0.717) is 0 Å². The minimum atomic E-state index is -0.370. The van der Waals surface area contributed by atoms with E-state index in [2.05, 4.69) is 7.85 Å². The zero-order chi connectivity index (χ0) is 4.28. The molecule has 0 atom stereocenters. The van der Waals surface area contributed by atoms with Crippen LogP contribution in [0.3, 0.4) is 0 Å². The van der Waals surface area contributed by atoms with E-state index in [-0.39, 0.29) is 5.58 Å². The van der Waals surface area contributed by atoms with Gasteiger partial charge in [-0.1, -0.05) is 6.82 Å². The summed E-state index contributed by atoms with van der Waals surface area (Å²) in [5.74, 6) is 0. The van der Waals surface area contributed by atoms with Gasteiger partial charge in [-0.15, -0.1) is 0 Å². The molecule has 0 aromatic heterocycles. The molecule has 0 aliphatic heterocycles. The average Bonchev–Trinajstić information content (AvgIpc) is 1.38. The van der Waals surface area contributed by atoms with Gasteiger partial charge in [0.1, 0.15) is 0 Å². The lowest BCUT2D eigenvalue weighted by Gasteiger charge is -1.68. The number of carbonyl (C=O) groups is 1. The van der Waals surface area contributed by atoms with Gasteiger partial charge in [0.05, 0.1) is 0 Å². The quantitative estimate of drug-likeness (QED) is 0.393. The van der Waals surface area contributed by atoms with E-state index in [0.717, 1.165) is 0 Å². The largest absolute Gasteiger partial charge is 0.324 e. The van der Waals surface area contributed by atoms with Crippen LogP contribution >= 0.6 is 0 Å². The monoisotopic (exact) mass is 65.0 g/mol. The summed E-state index contributed by atoms with van der Waals surface area (Å²) < 4.78 is 0. The van der Waals surface area contributed by atoms with Crippen molar-refractivity contribution in [2.24, 2.45) is 0 Å². The molecule has 0 saturated heterocycles. The molecule has 23 valence electrons. The molecule has 0 aliphatic carbocycles. The SMILES string of the molecule is [B]C(=O)[B]C. The maximum absolute atomic E-state index is 9.53. The molecule has 0 heterocycles. The molecule has 3 radical (unpaired) electrons. The van der Waals surface area contributed by atoms with E-state index in [1.165, 1.54) is 7.28 Å². The molecule has 5 heavy (non-hydrogen) atoms.